The fourth-order valence-corrected chi connectivity index (χ4v) is 1.68. The summed E-state index contributed by atoms with van der Waals surface area (Å²) in [6.45, 7) is 2.51. The number of aliphatic hydroxyl groups is 1. The minimum Gasteiger partial charge on any atom is -0.396 e. The van der Waals surface area contributed by atoms with Gasteiger partial charge >= 0.3 is 5.69 Å². The van der Waals surface area contributed by atoms with Gasteiger partial charge in [0.05, 0.1) is 4.92 Å². The maximum Gasteiger partial charge on any atom is 0.304 e. The van der Waals surface area contributed by atoms with Crippen LogP contribution in [0.3, 0.4) is 0 Å². The van der Waals surface area contributed by atoms with E-state index in [2.05, 4.69) is 5.32 Å². The van der Waals surface area contributed by atoms with Gasteiger partial charge in [0.15, 0.2) is 0 Å². The second-order valence-corrected chi connectivity index (χ2v) is 4.04. The molecule has 100 valence electrons. The zero-order chi connectivity index (χ0) is 13.5. The molecule has 18 heavy (non-hydrogen) atoms. The van der Waals surface area contributed by atoms with E-state index in [1.807, 2.05) is 6.92 Å². The summed E-state index contributed by atoms with van der Waals surface area (Å²) in [6, 6.07) is 4.02. The van der Waals surface area contributed by atoms with E-state index in [0.29, 0.717) is 18.5 Å². The van der Waals surface area contributed by atoms with Gasteiger partial charge in [-0.25, -0.2) is 0 Å². The highest BCUT2D eigenvalue weighted by atomic mass is 19.1. The molecule has 5 nitrogen and oxygen atoms in total. The summed E-state index contributed by atoms with van der Waals surface area (Å²) in [4.78, 5) is 9.71. The first-order chi connectivity index (χ1) is 8.58. The zero-order valence-corrected chi connectivity index (χ0v) is 10.2. The molecule has 0 aliphatic heterocycles. The highest BCUT2D eigenvalue weighted by Gasteiger charge is 2.14. The first kappa shape index (κ1) is 14.5. The Bertz CT molecular complexity index is 412. The van der Waals surface area contributed by atoms with Crippen molar-refractivity contribution in [2.24, 2.45) is 0 Å². The number of aliphatic hydroxyl groups excluding tert-OH is 1. The van der Waals surface area contributed by atoms with Crippen molar-refractivity contribution in [3.8, 4) is 0 Å². The normalized spacial score (nSPS) is 12.4. The maximum atomic E-state index is 13.3. The van der Waals surface area contributed by atoms with Crippen molar-refractivity contribution in [3.05, 3.63) is 39.7 Å². The summed E-state index contributed by atoms with van der Waals surface area (Å²) in [5, 5.41) is 22.5. The number of hydrogen-bond donors (Lipinski definition) is 2. The molecule has 2 N–H and O–H groups in total. The number of rotatable bonds is 7. The van der Waals surface area contributed by atoms with E-state index in [0.717, 1.165) is 12.5 Å². The SMILES string of the molecule is CCC(CCO)NCc1ccc([N+](=O)[O-])c(F)c1. The summed E-state index contributed by atoms with van der Waals surface area (Å²) in [5.41, 5.74) is 0.135. The molecule has 0 fully saturated rings. The van der Waals surface area contributed by atoms with Gasteiger partial charge in [-0.05, 0) is 24.5 Å². The van der Waals surface area contributed by atoms with Gasteiger partial charge in [-0.1, -0.05) is 13.0 Å². The van der Waals surface area contributed by atoms with E-state index in [-0.39, 0.29) is 12.6 Å². The van der Waals surface area contributed by atoms with Crippen LogP contribution in [0.1, 0.15) is 25.3 Å². The van der Waals surface area contributed by atoms with Crippen LogP contribution >= 0.6 is 0 Å². The van der Waals surface area contributed by atoms with Crippen molar-refractivity contribution >= 4 is 5.69 Å². The first-order valence-corrected chi connectivity index (χ1v) is 5.85. The molecule has 0 radical (unpaired) electrons. The Morgan fingerprint density at radius 1 is 1.56 bits per heavy atom. The van der Waals surface area contributed by atoms with E-state index in [9.17, 15) is 14.5 Å². The van der Waals surface area contributed by atoms with Crippen molar-refractivity contribution in [1.29, 1.82) is 0 Å². The number of nitro groups is 1. The van der Waals surface area contributed by atoms with Crippen LogP contribution in [-0.2, 0) is 6.54 Å². The minimum absolute atomic E-state index is 0.0974. The molecule has 1 aromatic carbocycles. The number of nitro benzene ring substituents is 1. The highest BCUT2D eigenvalue weighted by molar-refractivity contribution is 5.34. The average molecular weight is 256 g/mol. The molecule has 0 saturated carbocycles. The molecule has 6 heteroatoms. The Labute approximate surface area is 105 Å². The molecule has 1 unspecified atom stereocenters. The fourth-order valence-electron chi connectivity index (χ4n) is 1.68. The van der Waals surface area contributed by atoms with E-state index in [4.69, 9.17) is 5.11 Å². The zero-order valence-electron chi connectivity index (χ0n) is 10.2. The third-order valence-electron chi connectivity index (χ3n) is 2.77. The summed E-state index contributed by atoms with van der Waals surface area (Å²) < 4.78 is 13.3. The molecule has 0 bridgehead atoms. The summed E-state index contributed by atoms with van der Waals surface area (Å²) in [7, 11) is 0. The predicted octanol–water partition coefficient (Wildman–Crippen LogP) is 1.98. The predicted molar refractivity (Wildman–Crippen MR) is 65.7 cm³/mol. The Kier molecular flexibility index (Phi) is 5.67. The quantitative estimate of drug-likeness (QED) is 0.578. The number of halogens is 1. The highest BCUT2D eigenvalue weighted by Crippen LogP contribution is 2.18. The topological polar surface area (TPSA) is 75.4 Å². The summed E-state index contributed by atoms with van der Waals surface area (Å²) >= 11 is 0. The van der Waals surface area contributed by atoms with Crippen LogP contribution in [0.25, 0.3) is 0 Å². The van der Waals surface area contributed by atoms with Gasteiger partial charge in [-0.15, -0.1) is 0 Å². The van der Waals surface area contributed by atoms with Gasteiger partial charge in [0.25, 0.3) is 0 Å². The van der Waals surface area contributed by atoms with Crippen LogP contribution in [0, 0.1) is 15.9 Å². The summed E-state index contributed by atoms with van der Waals surface area (Å²) in [6.07, 6.45) is 1.49. The Balaban J connectivity index is 2.63. The van der Waals surface area contributed by atoms with E-state index in [1.165, 1.54) is 12.1 Å². The van der Waals surface area contributed by atoms with Crippen LogP contribution in [0.5, 0.6) is 0 Å². The van der Waals surface area contributed by atoms with E-state index in [1.54, 1.807) is 0 Å². The van der Waals surface area contributed by atoms with Gasteiger partial charge < -0.3 is 10.4 Å². The van der Waals surface area contributed by atoms with Gasteiger partial charge in [-0.3, -0.25) is 10.1 Å². The molecule has 0 amide bonds. The Morgan fingerprint density at radius 3 is 2.78 bits per heavy atom. The molecule has 0 aromatic heterocycles. The largest absolute Gasteiger partial charge is 0.396 e. The van der Waals surface area contributed by atoms with Crippen molar-refractivity contribution in [2.45, 2.75) is 32.4 Å². The lowest BCUT2D eigenvalue weighted by atomic mass is 10.1. The van der Waals surface area contributed by atoms with E-state index >= 15 is 0 Å². The van der Waals surface area contributed by atoms with E-state index < -0.39 is 16.4 Å². The molecular weight excluding hydrogens is 239 g/mol. The van der Waals surface area contributed by atoms with Gasteiger partial charge in [-0.2, -0.15) is 4.39 Å². The number of nitrogens with one attached hydrogen (secondary N) is 1. The second-order valence-electron chi connectivity index (χ2n) is 4.04. The van der Waals surface area contributed by atoms with Crippen LogP contribution in [0.15, 0.2) is 18.2 Å². The molecule has 1 rings (SSSR count). The fraction of sp³-hybridized carbons (Fsp3) is 0.500. The lowest BCUT2D eigenvalue weighted by Crippen LogP contribution is -2.28. The molecule has 1 atom stereocenters. The van der Waals surface area contributed by atoms with Crippen molar-refractivity contribution in [3.63, 3.8) is 0 Å². The summed E-state index contributed by atoms with van der Waals surface area (Å²) in [5.74, 6) is -0.825. The van der Waals surface area contributed by atoms with Gasteiger partial charge in [0.1, 0.15) is 0 Å². The van der Waals surface area contributed by atoms with Gasteiger partial charge in [0.2, 0.25) is 5.82 Å². The van der Waals surface area contributed by atoms with Crippen LogP contribution < -0.4 is 5.32 Å². The van der Waals surface area contributed by atoms with Crippen LogP contribution in [-0.4, -0.2) is 22.7 Å². The smallest absolute Gasteiger partial charge is 0.304 e. The molecule has 0 saturated heterocycles. The van der Waals surface area contributed by atoms with Crippen LogP contribution in [0.2, 0.25) is 0 Å². The number of hydrogen-bond acceptors (Lipinski definition) is 4. The number of benzene rings is 1. The monoisotopic (exact) mass is 256 g/mol. The second kappa shape index (κ2) is 7.03. The maximum absolute atomic E-state index is 13.3. The molecule has 0 heterocycles. The Morgan fingerprint density at radius 2 is 2.28 bits per heavy atom. The Hall–Kier alpha value is -1.53. The molecule has 0 aliphatic rings. The lowest BCUT2D eigenvalue weighted by Gasteiger charge is -2.15. The molecule has 0 aliphatic carbocycles. The molecular formula is C12H17FN2O3. The number of nitrogens with zero attached hydrogens (tertiary/aromatic N) is 1. The average Bonchev–Trinajstić information content (AvgIpc) is 2.34. The molecule has 0 spiro atoms. The minimum atomic E-state index is -0.825. The van der Waals surface area contributed by atoms with Gasteiger partial charge in [0, 0.05) is 25.3 Å². The third-order valence-corrected chi connectivity index (χ3v) is 2.77. The lowest BCUT2D eigenvalue weighted by molar-refractivity contribution is -0.387. The van der Waals surface area contributed by atoms with Crippen LogP contribution in [0.4, 0.5) is 10.1 Å². The van der Waals surface area contributed by atoms with Crippen molar-refractivity contribution in [1.82, 2.24) is 5.32 Å². The molecule has 1 aromatic rings. The standard InChI is InChI=1S/C12H17FN2O3/c1-2-10(5-6-16)14-8-9-3-4-12(15(17)18)11(13)7-9/h3-4,7,10,14,16H,2,5-6,8H2,1H3. The first-order valence-electron chi connectivity index (χ1n) is 5.85. The third kappa shape index (κ3) is 4.05. The van der Waals surface area contributed by atoms with Crippen molar-refractivity contribution in [2.75, 3.05) is 6.61 Å². The van der Waals surface area contributed by atoms with Crippen molar-refractivity contribution < 1.29 is 14.4 Å².